The highest BCUT2D eigenvalue weighted by Crippen LogP contribution is 2.31. The van der Waals surface area contributed by atoms with E-state index < -0.39 is 11.9 Å². The van der Waals surface area contributed by atoms with Gasteiger partial charge in [-0.25, -0.2) is 4.79 Å². The van der Waals surface area contributed by atoms with E-state index in [2.05, 4.69) is 20.3 Å². The molecule has 0 spiro atoms. The summed E-state index contributed by atoms with van der Waals surface area (Å²) in [6.07, 6.45) is 2.56. The number of amidine groups is 1. The first-order valence-electron chi connectivity index (χ1n) is 7.78. The Balaban J connectivity index is 2.18. The molecular formula is C17H20N4O5S. The number of hydrogen-bond acceptors (Lipinski definition) is 9. The third-order valence-electron chi connectivity index (χ3n) is 3.34. The zero-order valence-corrected chi connectivity index (χ0v) is 16.2. The Morgan fingerprint density at radius 3 is 2.74 bits per heavy atom. The van der Waals surface area contributed by atoms with E-state index in [1.165, 1.54) is 20.4 Å². The molecule has 0 aromatic heterocycles. The second-order valence-corrected chi connectivity index (χ2v) is 6.74. The number of hydrogen-bond donors (Lipinski definition) is 2. The number of phenolic OH excluding ortho intramolecular Hbond substituents is 1. The molecule has 0 aliphatic carbocycles. The van der Waals surface area contributed by atoms with Crippen molar-refractivity contribution in [2.45, 2.75) is 6.54 Å². The lowest BCUT2D eigenvalue weighted by Gasteiger charge is -2.14. The first kappa shape index (κ1) is 20.5. The van der Waals surface area contributed by atoms with Crippen molar-refractivity contribution >= 4 is 35.0 Å². The SMILES string of the molecule is COC(=O)/C=C1/S/C(=N\N=Cc2cc(CN(C)C)c(O)c(OC)c2)NC1=O. The van der Waals surface area contributed by atoms with Crippen LogP contribution in [0, 0.1) is 0 Å². The number of benzene rings is 1. The van der Waals surface area contributed by atoms with Crippen LogP contribution < -0.4 is 10.1 Å². The Kier molecular flexibility index (Phi) is 6.97. The minimum Gasteiger partial charge on any atom is -0.504 e. The van der Waals surface area contributed by atoms with Crippen LogP contribution in [0.4, 0.5) is 0 Å². The molecule has 1 fully saturated rings. The average molecular weight is 392 g/mol. The van der Waals surface area contributed by atoms with Crippen LogP contribution in [0.3, 0.4) is 0 Å². The number of methoxy groups -OCH3 is 2. The first-order valence-corrected chi connectivity index (χ1v) is 8.60. The Morgan fingerprint density at radius 2 is 2.11 bits per heavy atom. The minimum atomic E-state index is -0.623. The molecule has 27 heavy (non-hydrogen) atoms. The van der Waals surface area contributed by atoms with Crippen LogP contribution in [-0.2, 0) is 20.9 Å². The Bertz CT molecular complexity index is 833. The number of carbonyl (C=O) groups excluding carboxylic acids is 2. The lowest BCUT2D eigenvalue weighted by molar-refractivity contribution is -0.135. The van der Waals surface area contributed by atoms with Crippen LogP contribution in [0.5, 0.6) is 11.5 Å². The highest BCUT2D eigenvalue weighted by Gasteiger charge is 2.25. The number of aromatic hydroxyl groups is 1. The number of carbonyl (C=O) groups is 2. The fraction of sp³-hybridized carbons (Fsp3) is 0.294. The number of nitrogens with one attached hydrogen (secondary N) is 1. The van der Waals surface area contributed by atoms with Gasteiger partial charge < -0.3 is 19.5 Å². The summed E-state index contributed by atoms with van der Waals surface area (Å²) in [7, 11) is 6.47. The number of nitrogens with zero attached hydrogens (tertiary/aromatic N) is 3. The lowest BCUT2D eigenvalue weighted by Crippen LogP contribution is -2.19. The number of amides is 1. The number of ether oxygens (including phenoxy) is 2. The van der Waals surface area contributed by atoms with Gasteiger partial charge in [-0.2, -0.15) is 5.10 Å². The summed E-state index contributed by atoms with van der Waals surface area (Å²) < 4.78 is 9.68. The van der Waals surface area contributed by atoms with Crippen molar-refractivity contribution in [3.8, 4) is 11.5 Å². The van der Waals surface area contributed by atoms with Gasteiger partial charge in [0, 0.05) is 18.2 Å². The molecular weight excluding hydrogens is 372 g/mol. The number of rotatable bonds is 6. The standard InChI is InChI=1S/C17H20N4O5S/c1-21(2)9-11-5-10(6-12(25-3)15(11)23)8-18-20-17-19-16(24)13(27-17)7-14(22)26-4/h5-8,23H,9H2,1-4H3,(H,19,20,24)/b13-7+,18-8?. The van der Waals surface area contributed by atoms with Gasteiger partial charge in [-0.05, 0) is 43.6 Å². The fourth-order valence-electron chi connectivity index (χ4n) is 2.17. The summed E-state index contributed by atoms with van der Waals surface area (Å²) >= 11 is 0.984. The van der Waals surface area contributed by atoms with E-state index in [1.807, 2.05) is 19.0 Å². The van der Waals surface area contributed by atoms with Crippen LogP contribution in [0.2, 0.25) is 0 Å². The summed E-state index contributed by atoms with van der Waals surface area (Å²) in [5.74, 6) is -0.665. The van der Waals surface area contributed by atoms with Crippen LogP contribution >= 0.6 is 11.8 Å². The molecule has 0 saturated carbocycles. The van der Waals surface area contributed by atoms with Gasteiger partial charge in [0.05, 0.1) is 25.3 Å². The third kappa shape index (κ3) is 5.56. The lowest BCUT2D eigenvalue weighted by atomic mass is 10.1. The molecule has 0 bridgehead atoms. The molecule has 9 nitrogen and oxygen atoms in total. The molecule has 1 aromatic rings. The maximum absolute atomic E-state index is 11.7. The van der Waals surface area contributed by atoms with Crippen molar-refractivity contribution in [2.24, 2.45) is 10.2 Å². The van der Waals surface area contributed by atoms with E-state index >= 15 is 0 Å². The topological polar surface area (TPSA) is 113 Å². The van der Waals surface area contributed by atoms with Crippen molar-refractivity contribution < 1.29 is 24.2 Å². The molecule has 1 amide bonds. The van der Waals surface area contributed by atoms with Gasteiger partial charge in [0.2, 0.25) is 0 Å². The number of phenols is 1. The highest BCUT2D eigenvalue weighted by atomic mass is 32.2. The van der Waals surface area contributed by atoms with Gasteiger partial charge in [0.15, 0.2) is 16.7 Å². The molecule has 1 aromatic carbocycles. The van der Waals surface area contributed by atoms with E-state index in [4.69, 9.17) is 4.74 Å². The molecule has 2 rings (SSSR count). The predicted octanol–water partition coefficient (Wildman–Crippen LogP) is 1.07. The largest absolute Gasteiger partial charge is 0.504 e. The molecule has 0 radical (unpaired) electrons. The molecule has 10 heteroatoms. The smallest absolute Gasteiger partial charge is 0.331 e. The summed E-state index contributed by atoms with van der Waals surface area (Å²) in [5.41, 5.74) is 1.35. The average Bonchev–Trinajstić information content (AvgIpc) is 2.96. The number of esters is 1. The van der Waals surface area contributed by atoms with Crippen molar-refractivity contribution in [3.63, 3.8) is 0 Å². The van der Waals surface area contributed by atoms with Crippen molar-refractivity contribution in [1.82, 2.24) is 10.2 Å². The van der Waals surface area contributed by atoms with Gasteiger partial charge in [0.25, 0.3) is 5.91 Å². The molecule has 0 atom stereocenters. The Hall–Kier alpha value is -2.85. The van der Waals surface area contributed by atoms with Gasteiger partial charge in [0.1, 0.15) is 0 Å². The summed E-state index contributed by atoms with van der Waals surface area (Å²) in [5, 5.41) is 20.8. The van der Waals surface area contributed by atoms with Crippen molar-refractivity contribution in [2.75, 3.05) is 28.3 Å². The fourth-order valence-corrected chi connectivity index (χ4v) is 2.91. The van der Waals surface area contributed by atoms with E-state index in [0.717, 1.165) is 17.8 Å². The molecule has 1 aliphatic rings. The summed E-state index contributed by atoms with van der Waals surface area (Å²) in [6, 6.07) is 3.39. The zero-order chi connectivity index (χ0) is 20.0. The van der Waals surface area contributed by atoms with Crippen LogP contribution in [0.25, 0.3) is 0 Å². The number of thioether (sulfide) groups is 1. The third-order valence-corrected chi connectivity index (χ3v) is 4.24. The van der Waals surface area contributed by atoms with Gasteiger partial charge >= 0.3 is 5.97 Å². The highest BCUT2D eigenvalue weighted by molar-refractivity contribution is 8.18. The summed E-state index contributed by atoms with van der Waals surface area (Å²) in [4.78, 5) is 25.1. The molecule has 144 valence electrons. The second-order valence-electron chi connectivity index (χ2n) is 5.71. The van der Waals surface area contributed by atoms with E-state index in [1.54, 1.807) is 12.1 Å². The normalized spacial score (nSPS) is 17.1. The minimum absolute atomic E-state index is 0.0749. The quantitative estimate of drug-likeness (QED) is 0.322. The molecule has 1 aliphatic heterocycles. The van der Waals surface area contributed by atoms with E-state index in [9.17, 15) is 14.7 Å². The zero-order valence-electron chi connectivity index (χ0n) is 15.3. The van der Waals surface area contributed by atoms with Crippen molar-refractivity contribution in [3.05, 3.63) is 34.2 Å². The molecule has 1 saturated heterocycles. The maximum atomic E-state index is 11.7. The maximum Gasteiger partial charge on any atom is 0.331 e. The van der Waals surface area contributed by atoms with Gasteiger partial charge in [-0.1, -0.05) is 0 Å². The molecule has 1 heterocycles. The van der Waals surface area contributed by atoms with Crippen molar-refractivity contribution in [1.29, 1.82) is 0 Å². The van der Waals surface area contributed by atoms with E-state index in [0.29, 0.717) is 23.4 Å². The van der Waals surface area contributed by atoms with Crippen LogP contribution in [0.15, 0.2) is 33.3 Å². The van der Waals surface area contributed by atoms with E-state index in [-0.39, 0.29) is 15.8 Å². The first-order chi connectivity index (χ1) is 12.8. The molecule has 0 unspecified atom stereocenters. The summed E-state index contributed by atoms with van der Waals surface area (Å²) in [6.45, 7) is 0.520. The monoisotopic (exact) mass is 392 g/mol. The van der Waals surface area contributed by atoms with Crippen LogP contribution in [0.1, 0.15) is 11.1 Å². The predicted molar refractivity (Wildman–Crippen MR) is 103 cm³/mol. The second kappa shape index (κ2) is 9.19. The Labute approximate surface area is 160 Å². The molecule has 2 N–H and O–H groups in total. The van der Waals surface area contributed by atoms with Gasteiger partial charge in [-0.15, -0.1) is 5.10 Å². The Morgan fingerprint density at radius 1 is 1.37 bits per heavy atom. The van der Waals surface area contributed by atoms with Crippen LogP contribution in [-0.4, -0.2) is 61.6 Å². The van der Waals surface area contributed by atoms with Gasteiger partial charge in [-0.3, -0.25) is 10.1 Å².